The molecule has 5 rings (SSSR count). The highest BCUT2D eigenvalue weighted by Crippen LogP contribution is 2.29. The Bertz CT molecular complexity index is 1230. The van der Waals surface area contributed by atoms with Gasteiger partial charge in [0.05, 0.1) is 16.6 Å². The number of carbonyl (C=O) groups excluding carboxylic acids is 3. The second kappa shape index (κ2) is 9.58. The topological polar surface area (TPSA) is 107 Å². The first-order chi connectivity index (χ1) is 16.5. The minimum atomic E-state index is -0.599. The molecular weight excluding hydrogens is 450 g/mol. The summed E-state index contributed by atoms with van der Waals surface area (Å²) in [6, 6.07) is 6.92. The number of hydrogen-bond donors (Lipinski definition) is 3. The van der Waals surface area contributed by atoms with Crippen molar-refractivity contribution in [3.05, 3.63) is 51.3 Å². The van der Waals surface area contributed by atoms with Crippen molar-refractivity contribution in [2.75, 3.05) is 6.54 Å². The first-order valence-electron chi connectivity index (χ1n) is 12.0. The maximum absolute atomic E-state index is 13.3. The normalized spacial score (nSPS) is 16.9. The highest BCUT2D eigenvalue weighted by Gasteiger charge is 2.30. The van der Waals surface area contributed by atoms with Gasteiger partial charge in [0, 0.05) is 35.0 Å². The summed E-state index contributed by atoms with van der Waals surface area (Å²) in [5, 5.41) is 13.7. The molecule has 3 aromatic rings. The average Bonchev–Trinajstić information content (AvgIpc) is 3.61. The molecule has 2 aliphatic rings. The fourth-order valence-corrected chi connectivity index (χ4v) is 5.91. The quantitative estimate of drug-likeness (QED) is 0.504. The van der Waals surface area contributed by atoms with E-state index in [1.54, 1.807) is 23.2 Å². The largest absolute Gasteiger partial charge is 0.349 e. The molecule has 0 saturated heterocycles. The van der Waals surface area contributed by atoms with E-state index in [9.17, 15) is 14.4 Å². The summed E-state index contributed by atoms with van der Waals surface area (Å²) in [4.78, 5) is 42.5. The molecule has 1 aliphatic carbocycles. The molecule has 34 heavy (non-hydrogen) atoms. The molecule has 1 fully saturated rings. The predicted octanol–water partition coefficient (Wildman–Crippen LogP) is 3.39. The monoisotopic (exact) mass is 479 g/mol. The van der Waals surface area contributed by atoms with E-state index < -0.39 is 6.04 Å². The Morgan fingerprint density at radius 1 is 1.21 bits per heavy atom. The third-order valence-electron chi connectivity index (χ3n) is 6.81. The van der Waals surface area contributed by atoms with Crippen LogP contribution in [0.25, 0.3) is 10.9 Å². The van der Waals surface area contributed by atoms with Gasteiger partial charge < -0.3 is 15.5 Å². The van der Waals surface area contributed by atoms with Crippen LogP contribution >= 0.6 is 11.3 Å². The number of thiophene rings is 1. The lowest BCUT2D eigenvalue weighted by Gasteiger charge is -2.30. The molecule has 2 aromatic heterocycles. The Morgan fingerprint density at radius 3 is 2.82 bits per heavy atom. The fourth-order valence-electron chi connectivity index (χ4n) is 4.84. The SMILES string of the molecule is CC[C@@H](NC(=O)c1ccc2[nH]ncc2c1)C(=O)N1CCc2sc(C(=O)NC3CCCC3)cc2C1. The number of fused-ring (bicyclic) bond motifs is 2. The van der Waals surface area contributed by atoms with Gasteiger partial charge in [0.15, 0.2) is 0 Å². The number of rotatable bonds is 6. The third kappa shape index (κ3) is 4.57. The number of amides is 3. The van der Waals surface area contributed by atoms with E-state index in [2.05, 4.69) is 20.8 Å². The Labute approximate surface area is 202 Å². The highest BCUT2D eigenvalue weighted by molar-refractivity contribution is 7.14. The number of H-pyrrole nitrogens is 1. The van der Waals surface area contributed by atoms with E-state index in [0.717, 1.165) is 40.6 Å². The first kappa shape index (κ1) is 22.6. The van der Waals surface area contributed by atoms with E-state index in [1.165, 1.54) is 29.1 Å². The van der Waals surface area contributed by atoms with Crippen LogP contribution < -0.4 is 10.6 Å². The summed E-state index contributed by atoms with van der Waals surface area (Å²) in [5.74, 6) is -0.367. The number of nitrogens with one attached hydrogen (secondary N) is 3. The lowest BCUT2D eigenvalue weighted by Crippen LogP contribution is -2.49. The summed E-state index contributed by atoms with van der Waals surface area (Å²) in [7, 11) is 0. The van der Waals surface area contributed by atoms with E-state index in [1.807, 2.05) is 19.1 Å². The van der Waals surface area contributed by atoms with Crippen molar-refractivity contribution < 1.29 is 14.4 Å². The third-order valence-corrected chi connectivity index (χ3v) is 8.04. The van der Waals surface area contributed by atoms with Gasteiger partial charge in [-0.25, -0.2) is 0 Å². The van der Waals surface area contributed by atoms with Crippen LogP contribution in [0.5, 0.6) is 0 Å². The smallest absolute Gasteiger partial charge is 0.261 e. The molecule has 0 spiro atoms. The molecule has 3 N–H and O–H groups in total. The summed E-state index contributed by atoms with van der Waals surface area (Å²) < 4.78 is 0. The van der Waals surface area contributed by atoms with Gasteiger partial charge in [0.25, 0.3) is 11.8 Å². The molecular formula is C25H29N5O3S. The standard InChI is InChI=1S/C25H29N5O3S/c1-2-19(28-23(31)15-7-8-20-16(11-15)13-26-29-20)25(33)30-10-9-21-17(14-30)12-22(34-21)24(32)27-18-5-3-4-6-18/h7-8,11-13,18-19H,2-6,9-10,14H2,1H3,(H,26,29)(H,27,32)(H,28,31)/t19-/m1/s1. The number of hydrogen-bond acceptors (Lipinski definition) is 5. The molecule has 0 bridgehead atoms. The molecule has 9 heteroatoms. The van der Waals surface area contributed by atoms with Crippen molar-refractivity contribution >= 4 is 40.0 Å². The number of nitrogens with zero attached hydrogens (tertiary/aromatic N) is 2. The van der Waals surface area contributed by atoms with Crippen LogP contribution in [0, 0.1) is 0 Å². The molecule has 178 valence electrons. The Hall–Kier alpha value is -3.20. The van der Waals surface area contributed by atoms with Gasteiger partial charge >= 0.3 is 0 Å². The molecule has 3 amide bonds. The van der Waals surface area contributed by atoms with Crippen molar-refractivity contribution in [3.63, 3.8) is 0 Å². The minimum Gasteiger partial charge on any atom is -0.349 e. The average molecular weight is 480 g/mol. The van der Waals surface area contributed by atoms with Gasteiger partial charge in [-0.05, 0) is 55.5 Å². The number of carbonyl (C=O) groups is 3. The van der Waals surface area contributed by atoms with Gasteiger partial charge in [0.2, 0.25) is 5.91 Å². The molecule has 3 heterocycles. The van der Waals surface area contributed by atoms with Crippen molar-refractivity contribution in [2.24, 2.45) is 0 Å². The molecule has 0 radical (unpaired) electrons. The van der Waals surface area contributed by atoms with Crippen molar-refractivity contribution in [3.8, 4) is 0 Å². The van der Waals surface area contributed by atoms with Gasteiger partial charge in [-0.15, -0.1) is 11.3 Å². The van der Waals surface area contributed by atoms with E-state index in [-0.39, 0.29) is 23.8 Å². The fraction of sp³-hybridized carbons (Fsp3) is 0.440. The van der Waals surface area contributed by atoms with Crippen LogP contribution in [-0.2, 0) is 17.8 Å². The van der Waals surface area contributed by atoms with Crippen LogP contribution in [0.2, 0.25) is 0 Å². The molecule has 1 saturated carbocycles. The molecule has 1 aliphatic heterocycles. The Kier molecular flexibility index (Phi) is 6.36. The van der Waals surface area contributed by atoms with E-state index >= 15 is 0 Å². The van der Waals surface area contributed by atoms with E-state index in [0.29, 0.717) is 25.1 Å². The van der Waals surface area contributed by atoms with Gasteiger partial charge in [-0.3, -0.25) is 19.5 Å². The van der Waals surface area contributed by atoms with Gasteiger partial charge in [0.1, 0.15) is 6.04 Å². The lowest BCUT2D eigenvalue weighted by molar-refractivity contribution is -0.134. The molecule has 1 aromatic carbocycles. The Morgan fingerprint density at radius 2 is 2.03 bits per heavy atom. The summed E-state index contributed by atoms with van der Waals surface area (Å²) in [6.07, 6.45) is 7.36. The Balaban J connectivity index is 1.23. The lowest BCUT2D eigenvalue weighted by atomic mass is 10.1. The predicted molar refractivity (Wildman–Crippen MR) is 131 cm³/mol. The van der Waals surface area contributed by atoms with Gasteiger partial charge in [-0.2, -0.15) is 5.10 Å². The van der Waals surface area contributed by atoms with Gasteiger partial charge in [-0.1, -0.05) is 19.8 Å². The number of benzene rings is 1. The zero-order chi connectivity index (χ0) is 23.7. The molecule has 0 unspecified atom stereocenters. The summed E-state index contributed by atoms with van der Waals surface area (Å²) in [5.41, 5.74) is 2.39. The van der Waals surface area contributed by atoms with Crippen LogP contribution in [0.3, 0.4) is 0 Å². The maximum Gasteiger partial charge on any atom is 0.261 e. The van der Waals surface area contributed by atoms with Crippen LogP contribution in [-0.4, -0.2) is 51.4 Å². The van der Waals surface area contributed by atoms with Crippen LogP contribution in [0.15, 0.2) is 30.5 Å². The van der Waals surface area contributed by atoms with Crippen LogP contribution in [0.4, 0.5) is 0 Å². The first-order valence-corrected chi connectivity index (χ1v) is 12.8. The molecule has 1 atom stereocenters. The number of aromatic nitrogens is 2. The van der Waals surface area contributed by atoms with Crippen molar-refractivity contribution in [1.82, 2.24) is 25.7 Å². The minimum absolute atomic E-state index is 0.00235. The summed E-state index contributed by atoms with van der Waals surface area (Å²) >= 11 is 1.54. The zero-order valence-corrected chi connectivity index (χ0v) is 20.0. The number of aromatic amines is 1. The zero-order valence-electron chi connectivity index (χ0n) is 19.2. The van der Waals surface area contributed by atoms with Crippen molar-refractivity contribution in [1.29, 1.82) is 0 Å². The highest BCUT2D eigenvalue weighted by atomic mass is 32.1. The van der Waals surface area contributed by atoms with E-state index in [4.69, 9.17) is 0 Å². The second-order valence-corrected chi connectivity index (χ2v) is 10.3. The van der Waals surface area contributed by atoms with Crippen LogP contribution in [0.1, 0.15) is 69.5 Å². The molecule has 8 nitrogen and oxygen atoms in total. The second-order valence-electron chi connectivity index (χ2n) is 9.13. The maximum atomic E-state index is 13.3. The summed E-state index contributed by atoms with van der Waals surface area (Å²) in [6.45, 7) is 2.95. The van der Waals surface area contributed by atoms with Crippen molar-refractivity contribution in [2.45, 2.75) is 64.1 Å².